The SMILES string of the molecule is CSCCC(NC(=O)C(N)CCC(=O)O)C(=O)NC(Cc1c[nH]c2ccccc12)C(=O)NC(Cc1ccccc1)C(=O)O. The molecule has 3 amide bonds. The quantitative estimate of drug-likeness (QED) is 0.118. The lowest BCUT2D eigenvalue weighted by atomic mass is 10.0. The minimum atomic E-state index is -1.25. The van der Waals surface area contributed by atoms with Crippen LogP contribution < -0.4 is 21.7 Å². The van der Waals surface area contributed by atoms with E-state index in [2.05, 4.69) is 20.9 Å². The van der Waals surface area contributed by atoms with Crippen LogP contribution in [0.25, 0.3) is 10.9 Å². The van der Waals surface area contributed by atoms with Crippen molar-refractivity contribution in [1.82, 2.24) is 20.9 Å². The lowest BCUT2D eigenvalue weighted by Gasteiger charge is -2.25. The average Bonchev–Trinajstić information content (AvgIpc) is 3.40. The predicted molar refractivity (Wildman–Crippen MR) is 163 cm³/mol. The smallest absolute Gasteiger partial charge is 0.326 e. The number of hydrogen-bond acceptors (Lipinski definition) is 7. The van der Waals surface area contributed by atoms with Crippen LogP contribution >= 0.6 is 11.8 Å². The van der Waals surface area contributed by atoms with Gasteiger partial charge in [0.1, 0.15) is 18.1 Å². The zero-order chi connectivity index (χ0) is 31.4. The van der Waals surface area contributed by atoms with Crippen LogP contribution in [0.4, 0.5) is 0 Å². The van der Waals surface area contributed by atoms with Gasteiger partial charge in [-0.15, -0.1) is 0 Å². The number of nitrogens with one attached hydrogen (secondary N) is 4. The number of rotatable bonds is 17. The van der Waals surface area contributed by atoms with E-state index < -0.39 is 53.8 Å². The van der Waals surface area contributed by atoms with Crippen molar-refractivity contribution in [2.75, 3.05) is 12.0 Å². The van der Waals surface area contributed by atoms with Crippen molar-refractivity contribution in [1.29, 1.82) is 0 Å². The van der Waals surface area contributed by atoms with E-state index in [0.717, 1.165) is 16.5 Å². The number of amides is 3. The van der Waals surface area contributed by atoms with E-state index in [1.165, 1.54) is 11.8 Å². The number of carboxylic acids is 2. The molecule has 0 spiro atoms. The van der Waals surface area contributed by atoms with Gasteiger partial charge >= 0.3 is 11.9 Å². The normalized spacial score (nSPS) is 13.8. The lowest BCUT2D eigenvalue weighted by Crippen LogP contribution is -2.58. The number of carbonyl (C=O) groups excluding carboxylic acids is 3. The summed E-state index contributed by atoms with van der Waals surface area (Å²) in [5.74, 6) is -3.86. The molecule has 2 aromatic carbocycles. The molecule has 0 radical (unpaired) electrons. The Labute approximate surface area is 253 Å². The third-order valence-corrected chi connectivity index (χ3v) is 7.52. The fourth-order valence-corrected chi connectivity index (χ4v) is 4.99. The van der Waals surface area contributed by atoms with Crippen molar-refractivity contribution in [3.05, 3.63) is 71.9 Å². The van der Waals surface area contributed by atoms with E-state index >= 15 is 0 Å². The Kier molecular flexibility index (Phi) is 12.6. The summed E-state index contributed by atoms with van der Waals surface area (Å²) >= 11 is 1.45. The molecule has 0 aliphatic carbocycles. The first kappa shape index (κ1) is 33.1. The molecule has 4 unspecified atom stereocenters. The van der Waals surface area contributed by atoms with Crippen molar-refractivity contribution >= 4 is 52.3 Å². The van der Waals surface area contributed by atoms with Crippen molar-refractivity contribution in [2.24, 2.45) is 5.73 Å². The van der Waals surface area contributed by atoms with Gasteiger partial charge < -0.3 is 36.9 Å². The van der Waals surface area contributed by atoms with E-state index in [1.807, 2.05) is 30.5 Å². The van der Waals surface area contributed by atoms with Crippen LogP contribution in [0.2, 0.25) is 0 Å². The molecule has 1 aromatic heterocycles. The summed E-state index contributed by atoms with van der Waals surface area (Å²) in [5.41, 5.74) is 8.12. The molecule has 4 atom stereocenters. The van der Waals surface area contributed by atoms with Gasteiger partial charge in [0.2, 0.25) is 17.7 Å². The van der Waals surface area contributed by atoms with Crippen LogP contribution in [0, 0.1) is 0 Å². The highest BCUT2D eigenvalue weighted by molar-refractivity contribution is 7.98. The molecule has 13 heteroatoms. The fraction of sp³-hybridized carbons (Fsp3) is 0.367. The Morgan fingerprint density at radius 3 is 2.12 bits per heavy atom. The molecule has 0 saturated carbocycles. The van der Waals surface area contributed by atoms with E-state index in [9.17, 15) is 29.1 Å². The lowest BCUT2D eigenvalue weighted by molar-refractivity contribution is -0.142. The number of aromatic amines is 1. The van der Waals surface area contributed by atoms with Crippen LogP contribution in [-0.2, 0) is 36.8 Å². The number of nitrogens with two attached hydrogens (primary N) is 1. The highest BCUT2D eigenvalue weighted by Crippen LogP contribution is 2.19. The number of aromatic nitrogens is 1. The second-order valence-corrected chi connectivity index (χ2v) is 11.1. The first-order valence-electron chi connectivity index (χ1n) is 13.8. The molecule has 1 heterocycles. The van der Waals surface area contributed by atoms with Gasteiger partial charge in [0.25, 0.3) is 0 Å². The van der Waals surface area contributed by atoms with E-state index in [-0.39, 0.29) is 32.1 Å². The first-order valence-corrected chi connectivity index (χ1v) is 15.2. The number of carbonyl (C=O) groups is 5. The van der Waals surface area contributed by atoms with Crippen LogP contribution in [0.3, 0.4) is 0 Å². The molecule has 230 valence electrons. The monoisotopic (exact) mass is 611 g/mol. The van der Waals surface area contributed by atoms with Crippen molar-refractivity contribution in [2.45, 2.75) is 56.3 Å². The Balaban J connectivity index is 1.83. The van der Waals surface area contributed by atoms with Gasteiger partial charge in [-0.25, -0.2) is 4.79 Å². The Morgan fingerprint density at radius 1 is 0.814 bits per heavy atom. The highest BCUT2D eigenvalue weighted by atomic mass is 32.2. The number of fused-ring (bicyclic) bond motifs is 1. The maximum absolute atomic E-state index is 13.6. The number of para-hydroxylation sites is 1. The van der Waals surface area contributed by atoms with Gasteiger partial charge in [-0.05, 0) is 42.0 Å². The van der Waals surface area contributed by atoms with Gasteiger partial charge in [0.05, 0.1) is 6.04 Å². The van der Waals surface area contributed by atoms with Crippen molar-refractivity contribution < 1.29 is 34.2 Å². The predicted octanol–water partition coefficient (Wildman–Crippen LogP) is 1.44. The van der Waals surface area contributed by atoms with Gasteiger partial charge in [0, 0.05) is 36.4 Å². The summed E-state index contributed by atoms with van der Waals surface area (Å²) in [7, 11) is 0. The van der Waals surface area contributed by atoms with Crippen molar-refractivity contribution in [3.63, 3.8) is 0 Å². The zero-order valence-corrected chi connectivity index (χ0v) is 24.6. The summed E-state index contributed by atoms with van der Waals surface area (Å²) in [6.07, 6.45) is 3.44. The molecule has 0 fully saturated rings. The fourth-order valence-electron chi connectivity index (χ4n) is 4.52. The maximum Gasteiger partial charge on any atom is 0.326 e. The first-order chi connectivity index (χ1) is 20.6. The molecule has 0 saturated heterocycles. The van der Waals surface area contributed by atoms with Crippen molar-refractivity contribution in [3.8, 4) is 0 Å². The van der Waals surface area contributed by atoms with Crippen LogP contribution in [0.1, 0.15) is 30.4 Å². The number of hydrogen-bond donors (Lipinski definition) is 7. The number of carboxylic acid groups (broad SMARTS) is 2. The molecule has 3 aromatic rings. The average molecular weight is 612 g/mol. The topological polar surface area (TPSA) is 204 Å². The Bertz CT molecular complexity index is 1410. The minimum Gasteiger partial charge on any atom is -0.481 e. The minimum absolute atomic E-state index is 0.0380. The summed E-state index contributed by atoms with van der Waals surface area (Å²) in [6.45, 7) is 0. The van der Waals surface area contributed by atoms with E-state index in [4.69, 9.17) is 10.8 Å². The molecule has 0 bridgehead atoms. The van der Waals surface area contributed by atoms with Crippen LogP contribution in [0.15, 0.2) is 60.8 Å². The molecule has 12 nitrogen and oxygen atoms in total. The summed E-state index contributed by atoms with van der Waals surface area (Å²) in [5, 5.41) is 27.5. The second kappa shape index (κ2) is 16.3. The third-order valence-electron chi connectivity index (χ3n) is 6.88. The number of thioether (sulfide) groups is 1. The van der Waals surface area contributed by atoms with Gasteiger partial charge in [-0.3, -0.25) is 19.2 Å². The summed E-state index contributed by atoms with van der Waals surface area (Å²) < 4.78 is 0. The number of benzene rings is 2. The van der Waals surface area contributed by atoms with Gasteiger partial charge in [-0.2, -0.15) is 11.8 Å². The molecule has 3 rings (SSSR count). The van der Waals surface area contributed by atoms with Crippen LogP contribution in [0.5, 0.6) is 0 Å². The number of H-pyrrole nitrogens is 1. The molecular formula is C30H37N5O7S. The molecule has 8 N–H and O–H groups in total. The second-order valence-electron chi connectivity index (χ2n) is 10.1. The molecule has 0 aliphatic heterocycles. The third kappa shape index (κ3) is 10.1. The molecule has 0 aliphatic rings. The molecular weight excluding hydrogens is 574 g/mol. The van der Waals surface area contributed by atoms with Gasteiger partial charge in [-0.1, -0.05) is 48.5 Å². The summed E-state index contributed by atoms with van der Waals surface area (Å²) in [4.78, 5) is 65.9. The zero-order valence-electron chi connectivity index (χ0n) is 23.7. The number of aliphatic carboxylic acids is 2. The van der Waals surface area contributed by atoms with E-state index in [1.54, 1.807) is 36.5 Å². The standard InChI is InChI=1S/C30H37N5O7S/c1-43-14-13-23(33-27(38)21(31)11-12-26(36)37)28(39)34-24(16-19-17-32-22-10-6-5-9-20(19)22)29(40)35-25(30(41)42)15-18-7-3-2-4-8-18/h2-10,17,21,23-25,32H,11-16,31H2,1H3,(H,33,38)(H,34,39)(H,35,40)(H,36,37)(H,41,42). The highest BCUT2D eigenvalue weighted by Gasteiger charge is 2.31. The van der Waals surface area contributed by atoms with Gasteiger partial charge in [0.15, 0.2) is 0 Å². The molecule has 43 heavy (non-hydrogen) atoms. The van der Waals surface area contributed by atoms with Crippen LogP contribution in [-0.4, -0.2) is 81.0 Å². The Morgan fingerprint density at radius 2 is 1.44 bits per heavy atom. The summed E-state index contributed by atoms with van der Waals surface area (Å²) in [6, 6.07) is 11.7. The van der Waals surface area contributed by atoms with E-state index in [0.29, 0.717) is 11.3 Å². The Hall–Kier alpha value is -4.36. The largest absolute Gasteiger partial charge is 0.481 e. The maximum atomic E-state index is 13.6.